The molecule has 0 radical (unpaired) electrons. The zero-order valence-electron chi connectivity index (χ0n) is 9.44. The molecule has 19 heavy (non-hydrogen) atoms. The van der Waals surface area contributed by atoms with Crippen LogP contribution in [0.1, 0.15) is 16.8 Å². The van der Waals surface area contributed by atoms with Crippen LogP contribution in [0.25, 0.3) is 0 Å². The van der Waals surface area contributed by atoms with Crippen LogP contribution >= 0.6 is 22.6 Å². The number of carbonyl (C=O) groups excluding carboxylic acids is 2. The summed E-state index contributed by atoms with van der Waals surface area (Å²) in [6.07, 6.45) is 0.0412. The van der Waals surface area contributed by atoms with Crippen LogP contribution in [0, 0.1) is 9.39 Å². The molecule has 1 aliphatic rings. The lowest BCUT2D eigenvalue weighted by Crippen LogP contribution is -2.50. The van der Waals surface area contributed by atoms with Gasteiger partial charge in [0.25, 0.3) is 0 Å². The van der Waals surface area contributed by atoms with Gasteiger partial charge in [-0.25, -0.2) is 14.0 Å². The fourth-order valence-corrected chi connectivity index (χ4v) is 2.36. The number of benzene rings is 1. The Balaban J connectivity index is 2.44. The average Bonchev–Trinajstić information content (AvgIpc) is 2.30. The summed E-state index contributed by atoms with van der Waals surface area (Å²) in [5.74, 6) is -2.36. The third kappa shape index (κ3) is 2.67. The number of halogens is 2. The fraction of sp³-hybridized carbons (Fsp3) is 0.182. The molecular weight excluding hydrogens is 370 g/mol. The first-order valence-electron chi connectivity index (χ1n) is 5.24. The van der Waals surface area contributed by atoms with Crippen molar-refractivity contribution in [3.05, 3.63) is 27.1 Å². The van der Waals surface area contributed by atoms with Gasteiger partial charge in [0.05, 0.1) is 11.3 Å². The third-order valence-corrected chi connectivity index (χ3v) is 3.50. The summed E-state index contributed by atoms with van der Waals surface area (Å²) >= 11 is 1.70. The number of aromatic carboxylic acids is 1. The zero-order valence-corrected chi connectivity index (χ0v) is 11.6. The van der Waals surface area contributed by atoms with E-state index in [4.69, 9.17) is 5.11 Å². The van der Waals surface area contributed by atoms with E-state index in [1.807, 2.05) is 0 Å². The van der Waals surface area contributed by atoms with E-state index in [-0.39, 0.29) is 27.8 Å². The summed E-state index contributed by atoms with van der Waals surface area (Å²) in [4.78, 5) is 34.6. The van der Waals surface area contributed by atoms with Gasteiger partial charge in [-0.3, -0.25) is 15.0 Å². The molecule has 1 aromatic rings. The number of imide groups is 1. The van der Waals surface area contributed by atoms with E-state index >= 15 is 0 Å². The zero-order chi connectivity index (χ0) is 14.2. The highest BCUT2D eigenvalue weighted by molar-refractivity contribution is 14.1. The van der Waals surface area contributed by atoms with Crippen molar-refractivity contribution in [3.63, 3.8) is 0 Å². The number of amides is 3. The van der Waals surface area contributed by atoms with Crippen molar-refractivity contribution in [2.24, 2.45) is 0 Å². The molecule has 1 saturated heterocycles. The van der Waals surface area contributed by atoms with Gasteiger partial charge in [0, 0.05) is 16.5 Å². The van der Waals surface area contributed by atoms with Crippen LogP contribution < -0.4 is 10.2 Å². The summed E-state index contributed by atoms with van der Waals surface area (Å²) in [5.41, 5.74) is -0.246. The van der Waals surface area contributed by atoms with Crippen LogP contribution in [-0.4, -0.2) is 29.6 Å². The summed E-state index contributed by atoms with van der Waals surface area (Å²) < 4.78 is 14.1. The Kier molecular flexibility index (Phi) is 3.69. The smallest absolute Gasteiger partial charge is 0.336 e. The molecule has 0 spiro atoms. The quantitative estimate of drug-likeness (QED) is 0.766. The number of anilines is 1. The van der Waals surface area contributed by atoms with Crippen LogP contribution in [-0.2, 0) is 4.79 Å². The van der Waals surface area contributed by atoms with Crippen molar-refractivity contribution in [1.29, 1.82) is 0 Å². The lowest BCUT2D eigenvalue weighted by molar-refractivity contribution is -0.120. The fourth-order valence-electron chi connectivity index (χ4n) is 1.70. The maximum absolute atomic E-state index is 13.8. The first-order valence-corrected chi connectivity index (χ1v) is 6.31. The summed E-state index contributed by atoms with van der Waals surface area (Å²) in [6, 6.07) is 1.38. The number of rotatable bonds is 2. The van der Waals surface area contributed by atoms with Gasteiger partial charge in [-0.2, -0.15) is 0 Å². The number of nitrogens with one attached hydrogen (secondary N) is 1. The summed E-state index contributed by atoms with van der Waals surface area (Å²) in [5, 5.41) is 11.0. The normalized spacial score (nSPS) is 15.4. The van der Waals surface area contributed by atoms with Gasteiger partial charge in [-0.05, 0) is 34.7 Å². The van der Waals surface area contributed by atoms with Gasteiger partial charge >= 0.3 is 12.0 Å². The second-order valence-electron chi connectivity index (χ2n) is 3.84. The predicted octanol–water partition coefficient (Wildman–Crippen LogP) is 1.57. The Hall–Kier alpha value is -1.71. The van der Waals surface area contributed by atoms with Crippen LogP contribution in [0.5, 0.6) is 0 Å². The Morgan fingerprint density at radius 2 is 2.11 bits per heavy atom. The van der Waals surface area contributed by atoms with Crippen molar-refractivity contribution in [2.45, 2.75) is 6.42 Å². The van der Waals surface area contributed by atoms with Gasteiger partial charge in [0.15, 0.2) is 0 Å². The minimum atomic E-state index is -1.21. The van der Waals surface area contributed by atoms with Crippen molar-refractivity contribution in [1.82, 2.24) is 5.32 Å². The molecule has 0 saturated carbocycles. The summed E-state index contributed by atoms with van der Waals surface area (Å²) in [6.45, 7) is 0.0151. The second kappa shape index (κ2) is 5.11. The highest BCUT2D eigenvalue weighted by Crippen LogP contribution is 2.26. The lowest BCUT2D eigenvalue weighted by atomic mass is 10.1. The molecule has 100 valence electrons. The monoisotopic (exact) mass is 378 g/mol. The van der Waals surface area contributed by atoms with Crippen molar-refractivity contribution in [3.8, 4) is 0 Å². The molecule has 1 aromatic carbocycles. The predicted molar refractivity (Wildman–Crippen MR) is 71.6 cm³/mol. The first-order chi connectivity index (χ1) is 8.90. The minimum absolute atomic E-state index is 0.0151. The summed E-state index contributed by atoms with van der Waals surface area (Å²) in [7, 11) is 0. The Bertz CT molecular complexity index is 590. The average molecular weight is 378 g/mol. The molecule has 6 nitrogen and oxygen atoms in total. The number of carboxylic acids is 1. The van der Waals surface area contributed by atoms with Crippen LogP contribution in [0.2, 0.25) is 0 Å². The van der Waals surface area contributed by atoms with Crippen molar-refractivity contribution in [2.75, 3.05) is 11.4 Å². The van der Waals surface area contributed by atoms with E-state index in [2.05, 4.69) is 5.32 Å². The molecular formula is C11H8FIN2O4. The van der Waals surface area contributed by atoms with E-state index < -0.39 is 23.7 Å². The number of hydrogen-bond donors (Lipinski definition) is 2. The maximum Gasteiger partial charge on any atom is 0.336 e. The molecule has 3 amide bonds. The number of carbonyl (C=O) groups is 3. The molecule has 0 aliphatic carbocycles. The third-order valence-electron chi connectivity index (χ3n) is 2.61. The standard InChI is InChI=1S/C11H8FIN2O4/c12-6-4-7(13)5(10(17)18)3-8(6)15-2-1-9(16)14-11(15)19/h3-4H,1-2H2,(H,17,18)(H,14,16,19). The molecule has 2 rings (SSSR count). The second-order valence-corrected chi connectivity index (χ2v) is 5.01. The van der Waals surface area contributed by atoms with Gasteiger partial charge in [-0.1, -0.05) is 0 Å². The van der Waals surface area contributed by atoms with Crippen LogP contribution in [0.4, 0.5) is 14.9 Å². The largest absolute Gasteiger partial charge is 0.478 e. The molecule has 0 unspecified atom stereocenters. The minimum Gasteiger partial charge on any atom is -0.478 e. The van der Waals surface area contributed by atoms with E-state index in [9.17, 15) is 18.8 Å². The Labute approximate surface area is 120 Å². The van der Waals surface area contributed by atoms with E-state index in [1.54, 1.807) is 22.6 Å². The van der Waals surface area contributed by atoms with E-state index in [0.29, 0.717) is 0 Å². The van der Waals surface area contributed by atoms with Gasteiger partial charge in [-0.15, -0.1) is 0 Å². The van der Waals surface area contributed by atoms with Gasteiger partial charge in [0.2, 0.25) is 5.91 Å². The molecule has 2 N–H and O–H groups in total. The van der Waals surface area contributed by atoms with Gasteiger partial charge in [0.1, 0.15) is 5.82 Å². The number of urea groups is 1. The molecule has 1 fully saturated rings. The van der Waals surface area contributed by atoms with E-state index in [1.165, 1.54) is 0 Å². The number of nitrogens with zero attached hydrogens (tertiary/aromatic N) is 1. The Morgan fingerprint density at radius 1 is 1.42 bits per heavy atom. The molecule has 8 heteroatoms. The van der Waals surface area contributed by atoms with Crippen LogP contribution in [0.3, 0.4) is 0 Å². The topological polar surface area (TPSA) is 86.7 Å². The lowest BCUT2D eigenvalue weighted by Gasteiger charge is -2.27. The number of carboxylic acid groups (broad SMARTS) is 1. The van der Waals surface area contributed by atoms with Crippen molar-refractivity contribution < 1.29 is 23.9 Å². The van der Waals surface area contributed by atoms with Crippen LogP contribution in [0.15, 0.2) is 12.1 Å². The molecule has 0 atom stereocenters. The first kappa shape index (κ1) is 13.7. The maximum atomic E-state index is 13.8. The molecule has 0 aromatic heterocycles. The van der Waals surface area contributed by atoms with Gasteiger partial charge < -0.3 is 5.11 Å². The SMILES string of the molecule is O=C1CCN(c2cc(C(=O)O)c(I)cc2F)C(=O)N1. The van der Waals surface area contributed by atoms with Crippen molar-refractivity contribution >= 4 is 46.2 Å². The molecule has 1 aliphatic heterocycles. The number of hydrogen-bond acceptors (Lipinski definition) is 3. The van der Waals surface area contributed by atoms with E-state index in [0.717, 1.165) is 17.0 Å². The highest BCUT2D eigenvalue weighted by Gasteiger charge is 2.27. The molecule has 1 heterocycles. The Morgan fingerprint density at radius 3 is 2.68 bits per heavy atom. The highest BCUT2D eigenvalue weighted by atomic mass is 127. The molecule has 0 bridgehead atoms.